The molecule has 0 bridgehead atoms. The smallest absolute Gasteiger partial charge is 0.119 e. The van der Waals surface area contributed by atoms with E-state index in [2.05, 4.69) is 12.1 Å². The average Bonchev–Trinajstić information content (AvgIpc) is 2.26. The molecule has 0 spiro atoms. The summed E-state index contributed by atoms with van der Waals surface area (Å²) in [6, 6.07) is 6.34. The summed E-state index contributed by atoms with van der Waals surface area (Å²) < 4.78 is 5.49. The molecule has 2 nitrogen and oxygen atoms in total. The average molecular weight is 209 g/mol. The second kappa shape index (κ2) is 4.71. The molecular formula is C11H15NOS. The third kappa shape index (κ3) is 2.22. The van der Waals surface area contributed by atoms with E-state index in [0.29, 0.717) is 13.2 Å². The van der Waals surface area contributed by atoms with Crippen LogP contribution >= 0.6 is 11.8 Å². The maximum absolute atomic E-state index is 5.49. The highest BCUT2D eigenvalue weighted by molar-refractivity contribution is 7.99. The van der Waals surface area contributed by atoms with Crippen molar-refractivity contribution < 1.29 is 4.74 Å². The molecule has 1 aliphatic heterocycles. The van der Waals surface area contributed by atoms with Crippen LogP contribution < -0.4 is 10.5 Å². The molecule has 0 aliphatic carbocycles. The monoisotopic (exact) mass is 209 g/mol. The Labute approximate surface area is 88.8 Å². The SMILES string of the molecule is NCCOc1ccc2c(c1)CCCS2. The molecule has 0 atom stereocenters. The molecule has 0 saturated carbocycles. The van der Waals surface area contributed by atoms with E-state index >= 15 is 0 Å². The zero-order valence-corrected chi connectivity index (χ0v) is 8.98. The van der Waals surface area contributed by atoms with Gasteiger partial charge in [-0.15, -0.1) is 11.8 Å². The third-order valence-electron chi connectivity index (χ3n) is 2.27. The molecule has 0 aromatic heterocycles. The zero-order valence-electron chi connectivity index (χ0n) is 8.16. The lowest BCUT2D eigenvalue weighted by Gasteiger charge is -2.16. The fraction of sp³-hybridized carbons (Fsp3) is 0.455. The largest absolute Gasteiger partial charge is 0.492 e. The van der Waals surface area contributed by atoms with E-state index in [9.17, 15) is 0 Å². The maximum atomic E-state index is 5.49. The second-order valence-corrected chi connectivity index (χ2v) is 4.50. The summed E-state index contributed by atoms with van der Waals surface area (Å²) in [4.78, 5) is 1.41. The minimum atomic E-state index is 0.575. The van der Waals surface area contributed by atoms with Crippen LogP contribution in [0.15, 0.2) is 23.1 Å². The fourth-order valence-corrected chi connectivity index (χ4v) is 2.62. The number of benzene rings is 1. The molecule has 2 N–H and O–H groups in total. The molecule has 3 heteroatoms. The van der Waals surface area contributed by atoms with E-state index in [4.69, 9.17) is 10.5 Å². The minimum absolute atomic E-state index is 0.575. The Bertz CT molecular complexity index is 314. The summed E-state index contributed by atoms with van der Waals surface area (Å²) in [5, 5.41) is 0. The van der Waals surface area contributed by atoms with Gasteiger partial charge in [0.05, 0.1) is 0 Å². The summed E-state index contributed by atoms with van der Waals surface area (Å²) in [5.41, 5.74) is 6.81. The first-order valence-corrected chi connectivity index (χ1v) is 5.97. The lowest BCUT2D eigenvalue weighted by molar-refractivity contribution is 0.327. The minimum Gasteiger partial charge on any atom is -0.492 e. The van der Waals surface area contributed by atoms with E-state index in [0.717, 1.165) is 5.75 Å². The predicted molar refractivity (Wildman–Crippen MR) is 60.0 cm³/mol. The molecule has 1 aliphatic rings. The lowest BCUT2D eigenvalue weighted by atomic mass is 10.1. The Morgan fingerprint density at radius 2 is 2.36 bits per heavy atom. The maximum Gasteiger partial charge on any atom is 0.119 e. The highest BCUT2D eigenvalue weighted by Gasteiger charge is 2.09. The first-order chi connectivity index (χ1) is 6.90. The Morgan fingerprint density at radius 3 is 3.21 bits per heavy atom. The summed E-state index contributed by atoms with van der Waals surface area (Å²) in [5.74, 6) is 2.20. The summed E-state index contributed by atoms with van der Waals surface area (Å²) in [6.07, 6.45) is 2.46. The fourth-order valence-electron chi connectivity index (χ4n) is 1.60. The molecule has 1 aromatic rings. The number of hydrogen-bond acceptors (Lipinski definition) is 3. The van der Waals surface area contributed by atoms with Crippen molar-refractivity contribution in [1.82, 2.24) is 0 Å². The van der Waals surface area contributed by atoms with Crippen molar-refractivity contribution in [3.05, 3.63) is 23.8 Å². The van der Waals surface area contributed by atoms with Gasteiger partial charge in [0.1, 0.15) is 12.4 Å². The quantitative estimate of drug-likeness (QED) is 0.827. The zero-order chi connectivity index (χ0) is 9.80. The summed E-state index contributed by atoms with van der Waals surface area (Å²) in [6.45, 7) is 1.18. The predicted octanol–water partition coefficient (Wildman–Crippen LogP) is 2.06. The van der Waals surface area contributed by atoms with Crippen LogP contribution in [-0.2, 0) is 6.42 Å². The highest BCUT2D eigenvalue weighted by Crippen LogP contribution is 2.32. The molecule has 1 heterocycles. The van der Waals surface area contributed by atoms with E-state index in [1.54, 1.807) is 0 Å². The Morgan fingerprint density at radius 1 is 1.43 bits per heavy atom. The van der Waals surface area contributed by atoms with Crippen molar-refractivity contribution >= 4 is 11.8 Å². The Hall–Kier alpha value is -0.670. The summed E-state index contributed by atoms with van der Waals surface area (Å²) >= 11 is 1.94. The number of fused-ring (bicyclic) bond motifs is 1. The first-order valence-electron chi connectivity index (χ1n) is 4.99. The van der Waals surface area contributed by atoms with Crippen LogP contribution in [0.3, 0.4) is 0 Å². The number of rotatable bonds is 3. The van der Waals surface area contributed by atoms with Gasteiger partial charge in [0.15, 0.2) is 0 Å². The number of thioether (sulfide) groups is 1. The number of ether oxygens (including phenoxy) is 1. The van der Waals surface area contributed by atoms with Crippen LogP contribution in [0.5, 0.6) is 5.75 Å². The van der Waals surface area contributed by atoms with Gasteiger partial charge in [0.25, 0.3) is 0 Å². The standard InChI is InChI=1S/C11H15NOS/c12-5-6-13-10-3-4-11-9(8-10)2-1-7-14-11/h3-4,8H,1-2,5-7,12H2. The Balaban J connectivity index is 2.12. The van der Waals surface area contributed by atoms with Crippen LogP contribution in [-0.4, -0.2) is 18.9 Å². The van der Waals surface area contributed by atoms with Crippen LogP contribution in [0.4, 0.5) is 0 Å². The van der Waals surface area contributed by atoms with Gasteiger partial charge in [-0.2, -0.15) is 0 Å². The molecule has 14 heavy (non-hydrogen) atoms. The van der Waals surface area contributed by atoms with Gasteiger partial charge in [0.2, 0.25) is 0 Å². The van der Waals surface area contributed by atoms with Gasteiger partial charge in [-0.25, -0.2) is 0 Å². The van der Waals surface area contributed by atoms with Crippen LogP contribution in [0.1, 0.15) is 12.0 Å². The Kier molecular flexibility index (Phi) is 3.32. The van der Waals surface area contributed by atoms with Crippen molar-refractivity contribution in [3.8, 4) is 5.75 Å². The molecular weight excluding hydrogens is 194 g/mol. The third-order valence-corrected chi connectivity index (χ3v) is 3.47. The van der Waals surface area contributed by atoms with E-state index in [1.807, 2.05) is 17.8 Å². The summed E-state index contributed by atoms with van der Waals surface area (Å²) in [7, 11) is 0. The van der Waals surface area contributed by atoms with Gasteiger partial charge in [-0.05, 0) is 42.4 Å². The van der Waals surface area contributed by atoms with Gasteiger partial charge in [-0.3, -0.25) is 0 Å². The molecule has 0 fully saturated rings. The van der Waals surface area contributed by atoms with Gasteiger partial charge in [-0.1, -0.05) is 0 Å². The van der Waals surface area contributed by atoms with Gasteiger partial charge in [0, 0.05) is 11.4 Å². The first kappa shape index (κ1) is 9.87. The molecule has 0 radical (unpaired) electrons. The van der Waals surface area contributed by atoms with Crippen LogP contribution in [0, 0.1) is 0 Å². The van der Waals surface area contributed by atoms with Crippen molar-refractivity contribution in [2.75, 3.05) is 18.9 Å². The molecule has 1 aromatic carbocycles. The van der Waals surface area contributed by atoms with Crippen molar-refractivity contribution in [1.29, 1.82) is 0 Å². The van der Waals surface area contributed by atoms with E-state index < -0.39 is 0 Å². The second-order valence-electron chi connectivity index (χ2n) is 3.36. The topological polar surface area (TPSA) is 35.2 Å². The molecule has 76 valence electrons. The van der Waals surface area contributed by atoms with Crippen molar-refractivity contribution in [3.63, 3.8) is 0 Å². The van der Waals surface area contributed by atoms with Crippen LogP contribution in [0.25, 0.3) is 0 Å². The van der Waals surface area contributed by atoms with Crippen molar-refractivity contribution in [2.24, 2.45) is 5.73 Å². The molecule has 2 rings (SSSR count). The molecule has 0 saturated heterocycles. The number of aryl methyl sites for hydroxylation is 1. The highest BCUT2D eigenvalue weighted by atomic mass is 32.2. The normalized spacial score (nSPS) is 14.9. The number of hydrogen-bond donors (Lipinski definition) is 1. The molecule has 0 unspecified atom stereocenters. The number of nitrogens with two attached hydrogens (primary N) is 1. The lowest BCUT2D eigenvalue weighted by Crippen LogP contribution is -2.11. The van der Waals surface area contributed by atoms with Crippen molar-refractivity contribution in [2.45, 2.75) is 17.7 Å². The van der Waals surface area contributed by atoms with Gasteiger partial charge >= 0.3 is 0 Å². The van der Waals surface area contributed by atoms with Gasteiger partial charge < -0.3 is 10.5 Å². The molecule has 0 amide bonds. The van der Waals surface area contributed by atoms with Crippen LogP contribution in [0.2, 0.25) is 0 Å². The van der Waals surface area contributed by atoms with E-state index in [1.165, 1.54) is 29.1 Å². The van der Waals surface area contributed by atoms with E-state index in [-0.39, 0.29) is 0 Å².